The van der Waals surface area contributed by atoms with Crippen molar-refractivity contribution in [3.63, 3.8) is 0 Å². The molecule has 0 saturated carbocycles. The molecule has 0 aliphatic rings. The van der Waals surface area contributed by atoms with Crippen molar-refractivity contribution in [2.24, 2.45) is 23.5 Å². The molecular weight excluding hydrogens is 196 g/mol. The van der Waals surface area contributed by atoms with Crippen LogP contribution in [0.1, 0.15) is 48.0 Å². The second kappa shape index (κ2) is 8.08. The van der Waals surface area contributed by atoms with Gasteiger partial charge in [0.2, 0.25) is 0 Å². The normalized spacial score (nSPS) is 16.1. The van der Waals surface area contributed by atoms with Crippen molar-refractivity contribution < 1.29 is 0 Å². The van der Waals surface area contributed by atoms with Gasteiger partial charge in [-0.15, -0.1) is 0 Å². The lowest BCUT2D eigenvalue weighted by atomic mass is 9.95. The summed E-state index contributed by atoms with van der Waals surface area (Å²) in [5, 5.41) is 0. The fourth-order valence-electron chi connectivity index (χ4n) is 2.30. The Morgan fingerprint density at radius 3 is 1.62 bits per heavy atom. The molecule has 98 valence electrons. The van der Waals surface area contributed by atoms with Crippen LogP contribution in [0.5, 0.6) is 0 Å². The molecule has 0 saturated heterocycles. The van der Waals surface area contributed by atoms with Crippen molar-refractivity contribution in [2.45, 2.75) is 54.0 Å². The van der Waals surface area contributed by atoms with Crippen LogP contribution in [0.4, 0.5) is 0 Å². The fraction of sp³-hybridized carbons (Fsp3) is 1.00. The number of hydrogen-bond donors (Lipinski definition) is 1. The van der Waals surface area contributed by atoms with Crippen molar-refractivity contribution in [2.75, 3.05) is 19.6 Å². The highest BCUT2D eigenvalue weighted by atomic mass is 15.2. The van der Waals surface area contributed by atoms with E-state index in [1.807, 2.05) is 0 Å². The van der Waals surface area contributed by atoms with E-state index in [9.17, 15) is 0 Å². The van der Waals surface area contributed by atoms with Gasteiger partial charge in [-0.05, 0) is 17.8 Å². The van der Waals surface area contributed by atoms with Gasteiger partial charge in [-0.3, -0.25) is 4.90 Å². The Kier molecular flexibility index (Phi) is 8.04. The molecule has 0 radical (unpaired) electrons. The lowest BCUT2D eigenvalue weighted by Crippen LogP contribution is -2.47. The van der Waals surface area contributed by atoms with Crippen LogP contribution in [0, 0.1) is 17.8 Å². The maximum Gasteiger partial charge on any atom is 0.0244 e. The van der Waals surface area contributed by atoms with Gasteiger partial charge in [-0.2, -0.15) is 0 Å². The summed E-state index contributed by atoms with van der Waals surface area (Å²) in [5.74, 6) is 2.14. The van der Waals surface area contributed by atoms with E-state index in [-0.39, 0.29) is 0 Å². The van der Waals surface area contributed by atoms with Gasteiger partial charge in [0.15, 0.2) is 0 Å². The van der Waals surface area contributed by atoms with E-state index >= 15 is 0 Å². The molecule has 0 aromatic heterocycles. The predicted octanol–water partition coefficient (Wildman–Crippen LogP) is 2.97. The first-order valence-electron chi connectivity index (χ1n) is 6.86. The molecule has 2 nitrogen and oxygen atoms in total. The smallest absolute Gasteiger partial charge is 0.0244 e. The van der Waals surface area contributed by atoms with Gasteiger partial charge in [0, 0.05) is 25.7 Å². The fourth-order valence-corrected chi connectivity index (χ4v) is 2.30. The Hall–Kier alpha value is -0.0800. The highest BCUT2D eigenvalue weighted by molar-refractivity contribution is 4.78. The van der Waals surface area contributed by atoms with Crippen molar-refractivity contribution in [3.8, 4) is 0 Å². The van der Waals surface area contributed by atoms with E-state index in [1.54, 1.807) is 0 Å². The second-order valence-electron chi connectivity index (χ2n) is 5.93. The SMILES string of the molecule is CCC(C)C(CN)N(CC(C)C)CC(C)C. The minimum absolute atomic E-state index is 0.551. The van der Waals surface area contributed by atoms with E-state index in [2.05, 4.69) is 46.4 Å². The third kappa shape index (κ3) is 5.86. The highest BCUT2D eigenvalue weighted by Gasteiger charge is 2.23. The van der Waals surface area contributed by atoms with E-state index in [4.69, 9.17) is 5.73 Å². The molecule has 2 atom stereocenters. The van der Waals surface area contributed by atoms with E-state index < -0.39 is 0 Å². The lowest BCUT2D eigenvalue weighted by Gasteiger charge is -2.37. The topological polar surface area (TPSA) is 29.3 Å². The van der Waals surface area contributed by atoms with Gasteiger partial charge in [-0.25, -0.2) is 0 Å². The van der Waals surface area contributed by atoms with Crippen LogP contribution < -0.4 is 5.73 Å². The summed E-state index contributed by atoms with van der Waals surface area (Å²) in [6.07, 6.45) is 1.22. The van der Waals surface area contributed by atoms with Crippen molar-refractivity contribution in [1.29, 1.82) is 0 Å². The molecule has 0 fully saturated rings. The molecule has 0 amide bonds. The summed E-state index contributed by atoms with van der Waals surface area (Å²) in [4.78, 5) is 2.60. The van der Waals surface area contributed by atoms with Crippen LogP contribution >= 0.6 is 0 Å². The Bertz CT molecular complexity index is 156. The first kappa shape index (κ1) is 15.9. The maximum atomic E-state index is 5.96. The zero-order valence-corrected chi connectivity index (χ0v) is 12.2. The zero-order valence-electron chi connectivity index (χ0n) is 12.2. The largest absolute Gasteiger partial charge is 0.329 e. The van der Waals surface area contributed by atoms with E-state index in [0.29, 0.717) is 12.0 Å². The van der Waals surface area contributed by atoms with Gasteiger partial charge < -0.3 is 5.73 Å². The van der Waals surface area contributed by atoms with Crippen LogP contribution in [0.2, 0.25) is 0 Å². The summed E-state index contributed by atoms with van der Waals surface area (Å²) >= 11 is 0. The van der Waals surface area contributed by atoms with E-state index in [1.165, 1.54) is 19.5 Å². The monoisotopic (exact) mass is 228 g/mol. The molecule has 0 rings (SSSR count). The number of rotatable bonds is 8. The van der Waals surface area contributed by atoms with Crippen molar-refractivity contribution in [1.82, 2.24) is 4.90 Å². The maximum absolute atomic E-state index is 5.96. The molecule has 0 aliphatic heterocycles. The van der Waals surface area contributed by atoms with Gasteiger partial charge in [0.1, 0.15) is 0 Å². The molecule has 2 heteroatoms. The second-order valence-corrected chi connectivity index (χ2v) is 5.93. The molecular formula is C14H32N2. The predicted molar refractivity (Wildman–Crippen MR) is 73.5 cm³/mol. The third-order valence-corrected chi connectivity index (χ3v) is 3.21. The average molecular weight is 228 g/mol. The number of nitrogens with zero attached hydrogens (tertiary/aromatic N) is 1. The minimum Gasteiger partial charge on any atom is -0.329 e. The molecule has 0 aromatic carbocycles. The minimum atomic E-state index is 0.551. The Labute approximate surface area is 103 Å². The summed E-state index contributed by atoms with van der Waals surface area (Å²) in [6.45, 7) is 16.9. The molecule has 0 aromatic rings. The number of nitrogens with two attached hydrogens (primary N) is 1. The van der Waals surface area contributed by atoms with Crippen LogP contribution in [-0.4, -0.2) is 30.6 Å². The highest BCUT2D eigenvalue weighted by Crippen LogP contribution is 2.17. The van der Waals surface area contributed by atoms with Crippen LogP contribution in [0.25, 0.3) is 0 Å². The molecule has 0 aliphatic carbocycles. The first-order chi connectivity index (χ1) is 7.42. The number of hydrogen-bond acceptors (Lipinski definition) is 2. The van der Waals surface area contributed by atoms with Crippen molar-refractivity contribution in [3.05, 3.63) is 0 Å². The molecule has 2 N–H and O–H groups in total. The Morgan fingerprint density at radius 1 is 0.938 bits per heavy atom. The summed E-state index contributed by atoms with van der Waals surface area (Å²) in [7, 11) is 0. The van der Waals surface area contributed by atoms with Gasteiger partial charge in [0.05, 0.1) is 0 Å². The Balaban J connectivity index is 4.54. The van der Waals surface area contributed by atoms with Gasteiger partial charge in [-0.1, -0.05) is 48.0 Å². The van der Waals surface area contributed by atoms with Crippen LogP contribution in [0.3, 0.4) is 0 Å². The van der Waals surface area contributed by atoms with Crippen molar-refractivity contribution >= 4 is 0 Å². The quantitative estimate of drug-likeness (QED) is 0.692. The zero-order chi connectivity index (χ0) is 12.7. The van der Waals surface area contributed by atoms with Crippen LogP contribution in [0.15, 0.2) is 0 Å². The standard InChI is InChI=1S/C14H32N2/c1-7-13(6)14(8-15)16(9-11(2)3)10-12(4)5/h11-14H,7-10,15H2,1-6H3. The molecule has 2 unspecified atom stereocenters. The summed E-state index contributed by atoms with van der Waals surface area (Å²) in [5.41, 5.74) is 5.96. The van der Waals surface area contributed by atoms with E-state index in [0.717, 1.165) is 18.4 Å². The summed E-state index contributed by atoms with van der Waals surface area (Å²) in [6, 6.07) is 0.551. The van der Waals surface area contributed by atoms with Gasteiger partial charge in [0.25, 0.3) is 0 Å². The molecule has 0 spiro atoms. The molecule has 16 heavy (non-hydrogen) atoms. The Morgan fingerprint density at radius 2 is 1.38 bits per heavy atom. The average Bonchev–Trinajstić information content (AvgIpc) is 2.16. The van der Waals surface area contributed by atoms with Crippen LogP contribution in [-0.2, 0) is 0 Å². The summed E-state index contributed by atoms with van der Waals surface area (Å²) < 4.78 is 0. The third-order valence-electron chi connectivity index (χ3n) is 3.21. The molecule has 0 heterocycles. The van der Waals surface area contributed by atoms with Gasteiger partial charge >= 0.3 is 0 Å². The molecule has 0 bridgehead atoms. The first-order valence-corrected chi connectivity index (χ1v) is 6.86. The lowest BCUT2D eigenvalue weighted by molar-refractivity contribution is 0.119.